The van der Waals surface area contributed by atoms with Crippen molar-refractivity contribution in [3.8, 4) is 0 Å². The minimum atomic E-state index is -0.385. The molecule has 0 aromatic heterocycles. The van der Waals surface area contributed by atoms with Gasteiger partial charge in [0, 0.05) is 12.0 Å². The molecular formula is C18H22O2. The number of carbonyl (C=O) groups is 2. The average Bonchev–Trinajstić information content (AvgIpc) is 2.90. The van der Waals surface area contributed by atoms with E-state index in [4.69, 9.17) is 0 Å². The molecule has 20 heavy (non-hydrogen) atoms. The van der Waals surface area contributed by atoms with Crippen molar-refractivity contribution >= 4 is 11.6 Å². The first-order valence-electron chi connectivity index (χ1n) is 7.73. The highest BCUT2D eigenvalue weighted by atomic mass is 16.2. The van der Waals surface area contributed by atoms with Gasteiger partial charge in [0.1, 0.15) is 5.78 Å². The van der Waals surface area contributed by atoms with Gasteiger partial charge in [0.2, 0.25) is 0 Å². The molecule has 2 heteroatoms. The molecule has 2 nitrogen and oxygen atoms in total. The number of benzene rings is 1. The molecule has 2 saturated carbocycles. The normalized spacial score (nSPS) is 25.1. The lowest BCUT2D eigenvalue weighted by Crippen LogP contribution is -2.36. The molecule has 0 N–H and O–H groups in total. The van der Waals surface area contributed by atoms with E-state index in [-0.39, 0.29) is 17.5 Å². The van der Waals surface area contributed by atoms with Crippen LogP contribution >= 0.6 is 0 Å². The molecule has 0 bridgehead atoms. The molecular weight excluding hydrogens is 248 g/mol. The van der Waals surface area contributed by atoms with Crippen LogP contribution in [0.3, 0.4) is 0 Å². The fourth-order valence-corrected chi connectivity index (χ4v) is 3.95. The second kappa shape index (κ2) is 5.16. The Hall–Kier alpha value is -1.44. The predicted molar refractivity (Wildman–Crippen MR) is 78.8 cm³/mol. The van der Waals surface area contributed by atoms with E-state index in [2.05, 4.69) is 0 Å². The first kappa shape index (κ1) is 13.5. The third-order valence-electron chi connectivity index (χ3n) is 5.24. The van der Waals surface area contributed by atoms with E-state index in [0.29, 0.717) is 17.4 Å². The number of aryl methyl sites for hydroxylation is 1. The average molecular weight is 270 g/mol. The van der Waals surface area contributed by atoms with Crippen LogP contribution in [0.25, 0.3) is 0 Å². The Bertz CT molecular complexity index is 521. The summed E-state index contributed by atoms with van der Waals surface area (Å²) in [4.78, 5) is 24.8. The van der Waals surface area contributed by atoms with Gasteiger partial charge in [-0.3, -0.25) is 9.59 Å². The van der Waals surface area contributed by atoms with Gasteiger partial charge in [0.05, 0.1) is 5.92 Å². The second-order valence-corrected chi connectivity index (χ2v) is 6.66. The van der Waals surface area contributed by atoms with Crippen molar-refractivity contribution in [1.82, 2.24) is 0 Å². The number of Topliss-reactive ketones (excluding diaryl/α,β-unsaturated/α-hetero) is 2. The van der Waals surface area contributed by atoms with Gasteiger partial charge in [-0.15, -0.1) is 0 Å². The summed E-state index contributed by atoms with van der Waals surface area (Å²) in [6.07, 6.45) is 7.33. The summed E-state index contributed by atoms with van der Waals surface area (Å²) in [6, 6.07) is 7.62. The maximum absolute atomic E-state index is 12.6. The molecule has 0 amide bonds. The molecule has 0 heterocycles. The smallest absolute Gasteiger partial charge is 0.173 e. The zero-order chi connectivity index (χ0) is 14.2. The molecule has 3 rings (SSSR count). The number of rotatable bonds is 2. The Balaban J connectivity index is 1.81. The molecule has 2 aliphatic carbocycles. The van der Waals surface area contributed by atoms with Gasteiger partial charge >= 0.3 is 0 Å². The maximum Gasteiger partial charge on any atom is 0.173 e. The van der Waals surface area contributed by atoms with Crippen LogP contribution in [0.4, 0.5) is 0 Å². The summed E-state index contributed by atoms with van der Waals surface area (Å²) in [6.45, 7) is 2.01. The summed E-state index contributed by atoms with van der Waals surface area (Å²) in [5.41, 5.74) is 2.13. The molecule has 0 saturated heterocycles. The molecule has 1 aromatic rings. The van der Waals surface area contributed by atoms with Crippen molar-refractivity contribution < 1.29 is 9.59 Å². The lowest BCUT2D eigenvalue weighted by Gasteiger charge is -2.36. The molecule has 1 atom stereocenters. The Morgan fingerprint density at radius 2 is 1.75 bits per heavy atom. The van der Waals surface area contributed by atoms with Gasteiger partial charge in [-0.05, 0) is 38.0 Å². The van der Waals surface area contributed by atoms with Crippen LogP contribution in [0.1, 0.15) is 60.9 Å². The van der Waals surface area contributed by atoms with Crippen molar-refractivity contribution in [2.45, 2.75) is 51.9 Å². The molecule has 1 spiro atoms. The zero-order valence-corrected chi connectivity index (χ0v) is 12.2. The third-order valence-corrected chi connectivity index (χ3v) is 5.24. The summed E-state index contributed by atoms with van der Waals surface area (Å²) in [7, 11) is 0. The van der Waals surface area contributed by atoms with Gasteiger partial charge in [-0.25, -0.2) is 0 Å². The van der Waals surface area contributed by atoms with Crippen LogP contribution in [0.15, 0.2) is 24.3 Å². The summed E-state index contributed by atoms with van der Waals surface area (Å²) < 4.78 is 0. The Morgan fingerprint density at radius 3 is 2.40 bits per heavy atom. The van der Waals surface area contributed by atoms with Crippen LogP contribution in [-0.4, -0.2) is 11.6 Å². The highest BCUT2D eigenvalue weighted by Gasteiger charge is 2.44. The van der Waals surface area contributed by atoms with E-state index in [0.717, 1.165) is 18.4 Å². The van der Waals surface area contributed by atoms with Crippen molar-refractivity contribution in [1.29, 1.82) is 0 Å². The van der Waals surface area contributed by atoms with Crippen LogP contribution in [0.5, 0.6) is 0 Å². The Labute approximate surface area is 120 Å². The van der Waals surface area contributed by atoms with Crippen LogP contribution in [0, 0.1) is 18.3 Å². The third kappa shape index (κ3) is 2.44. The van der Waals surface area contributed by atoms with Crippen molar-refractivity contribution in [3.05, 3.63) is 35.4 Å². The van der Waals surface area contributed by atoms with E-state index in [1.165, 1.54) is 25.7 Å². The SMILES string of the molecule is Cc1ccc(C(=O)C2CC3(CCCC3)CCC2=O)cc1. The number of hydrogen-bond donors (Lipinski definition) is 0. The fraction of sp³-hybridized carbons (Fsp3) is 0.556. The molecule has 0 radical (unpaired) electrons. The quantitative estimate of drug-likeness (QED) is 0.598. The van der Waals surface area contributed by atoms with Gasteiger partial charge in [-0.1, -0.05) is 42.7 Å². The zero-order valence-electron chi connectivity index (χ0n) is 12.2. The van der Waals surface area contributed by atoms with E-state index in [9.17, 15) is 9.59 Å². The number of hydrogen-bond acceptors (Lipinski definition) is 2. The minimum absolute atomic E-state index is 0.0426. The number of ketones is 2. The topological polar surface area (TPSA) is 34.1 Å². The van der Waals surface area contributed by atoms with Gasteiger partial charge in [0.25, 0.3) is 0 Å². The molecule has 2 fully saturated rings. The number of carbonyl (C=O) groups excluding carboxylic acids is 2. The van der Waals surface area contributed by atoms with E-state index >= 15 is 0 Å². The molecule has 1 aromatic carbocycles. The van der Waals surface area contributed by atoms with Crippen molar-refractivity contribution in [3.63, 3.8) is 0 Å². The first-order chi connectivity index (χ1) is 9.60. The van der Waals surface area contributed by atoms with Crippen LogP contribution in [0.2, 0.25) is 0 Å². The minimum Gasteiger partial charge on any atom is -0.299 e. The highest BCUT2D eigenvalue weighted by molar-refractivity contribution is 6.11. The Morgan fingerprint density at radius 1 is 1.10 bits per heavy atom. The fourth-order valence-electron chi connectivity index (χ4n) is 3.95. The van der Waals surface area contributed by atoms with E-state index in [1.807, 2.05) is 31.2 Å². The van der Waals surface area contributed by atoms with Crippen LogP contribution < -0.4 is 0 Å². The summed E-state index contributed by atoms with van der Waals surface area (Å²) in [5, 5.41) is 0. The molecule has 0 aliphatic heterocycles. The van der Waals surface area contributed by atoms with Crippen LogP contribution in [-0.2, 0) is 4.79 Å². The largest absolute Gasteiger partial charge is 0.299 e. The standard InChI is InChI=1S/C18H22O2/c1-13-4-6-14(7-5-13)17(20)15-12-18(9-2-3-10-18)11-8-16(15)19/h4-7,15H,2-3,8-12H2,1H3. The molecule has 1 unspecified atom stereocenters. The van der Waals surface area contributed by atoms with E-state index < -0.39 is 0 Å². The van der Waals surface area contributed by atoms with Crippen molar-refractivity contribution in [2.24, 2.45) is 11.3 Å². The van der Waals surface area contributed by atoms with E-state index in [1.54, 1.807) is 0 Å². The molecule has 2 aliphatic rings. The monoisotopic (exact) mass is 270 g/mol. The van der Waals surface area contributed by atoms with Gasteiger partial charge in [-0.2, -0.15) is 0 Å². The maximum atomic E-state index is 12.6. The van der Waals surface area contributed by atoms with Gasteiger partial charge < -0.3 is 0 Å². The van der Waals surface area contributed by atoms with Gasteiger partial charge in [0.15, 0.2) is 5.78 Å². The summed E-state index contributed by atoms with van der Waals surface area (Å²) >= 11 is 0. The predicted octanol–water partition coefficient (Wildman–Crippen LogP) is 4.11. The lowest BCUT2D eigenvalue weighted by atomic mass is 9.66. The highest BCUT2D eigenvalue weighted by Crippen LogP contribution is 2.50. The first-order valence-corrected chi connectivity index (χ1v) is 7.73. The second-order valence-electron chi connectivity index (χ2n) is 6.66. The molecule has 106 valence electrons. The lowest BCUT2D eigenvalue weighted by molar-refractivity contribution is -0.125. The summed E-state index contributed by atoms with van der Waals surface area (Å²) in [5.74, 6) is -0.182. The van der Waals surface area contributed by atoms with Crippen molar-refractivity contribution in [2.75, 3.05) is 0 Å². The Kier molecular flexibility index (Phi) is 3.49.